The lowest BCUT2D eigenvalue weighted by Gasteiger charge is -2.18. The summed E-state index contributed by atoms with van der Waals surface area (Å²) < 4.78 is 33.1. The predicted octanol–water partition coefficient (Wildman–Crippen LogP) is 1.92. The number of benzene rings is 1. The van der Waals surface area contributed by atoms with Crippen LogP contribution in [0.2, 0.25) is 0 Å². The topological polar surface area (TPSA) is 106 Å². The SMILES string of the molecule is Cc1ccc(S(=O)(=O)ON=C(C#N)C(=O)OC(C)(C)C)cc1. The molecule has 0 saturated heterocycles. The van der Waals surface area contributed by atoms with Crippen LogP contribution in [0.4, 0.5) is 0 Å². The Bertz CT molecular complexity index is 722. The second-order valence-electron chi connectivity index (χ2n) is 5.40. The second kappa shape index (κ2) is 6.58. The highest BCUT2D eigenvalue weighted by Crippen LogP contribution is 2.14. The van der Waals surface area contributed by atoms with E-state index < -0.39 is 27.4 Å². The minimum absolute atomic E-state index is 0.136. The fourth-order valence-corrected chi connectivity index (χ4v) is 1.99. The van der Waals surface area contributed by atoms with Gasteiger partial charge in [0.25, 0.3) is 5.71 Å². The molecule has 118 valence electrons. The van der Waals surface area contributed by atoms with E-state index in [1.54, 1.807) is 39.8 Å². The van der Waals surface area contributed by atoms with Crippen LogP contribution < -0.4 is 0 Å². The highest BCUT2D eigenvalue weighted by atomic mass is 32.2. The summed E-state index contributed by atoms with van der Waals surface area (Å²) in [7, 11) is -4.21. The highest BCUT2D eigenvalue weighted by molar-refractivity contribution is 7.86. The summed E-state index contributed by atoms with van der Waals surface area (Å²) in [5, 5.41) is 11.9. The Balaban J connectivity index is 2.95. The van der Waals surface area contributed by atoms with Crippen LogP contribution in [0, 0.1) is 18.3 Å². The van der Waals surface area contributed by atoms with Gasteiger partial charge in [-0.05, 0) is 45.0 Å². The maximum absolute atomic E-state index is 11.9. The molecule has 0 aliphatic heterocycles. The summed E-state index contributed by atoms with van der Waals surface area (Å²) in [5.41, 5.74) is -0.760. The van der Waals surface area contributed by atoms with Crippen molar-refractivity contribution in [3.05, 3.63) is 29.8 Å². The molecule has 0 N–H and O–H groups in total. The minimum Gasteiger partial charge on any atom is -0.455 e. The molecule has 22 heavy (non-hydrogen) atoms. The Morgan fingerprint density at radius 2 is 1.77 bits per heavy atom. The molecule has 0 aromatic heterocycles. The molecule has 0 aliphatic carbocycles. The first-order chi connectivity index (χ1) is 10.0. The molecule has 0 fully saturated rings. The van der Waals surface area contributed by atoms with E-state index in [1.807, 2.05) is 0 Å². The van der Waals surface area contributed by atoms with E-state index >= 15 is 0 Å². The number of hydrogen-bond acceptors (Lipinski definition) is 7. The van der Waals surface area contributed by atoms with Crippen LogP contribution in [-0.2, 0) is 23.9 Å². The monoisotopic (exact) mass is 324 g/mol. The molecule has 0 spiro atoms. The fraction of sp³-hybridized carbons (Fsp3) is 0.357. The maximum Gasteiger partial charge on any atom is 0.372 e. The third-order valence-corrected chi connectivity index (χ3v) is 3.35. The quantitative estimate of drug-likeness (QED) is 0.476. The van der Waals surface area contributed by atoms with Crippen molar-refractivity contribution in [1.82, 2.24) is 0 Å². The van der Waals surface area contributed by atoms with Crippen molar-refractivity contribution >= 4 is 21.8 Å². The normalized spacial score (nSPS) is 12.4. The molecule has 8 heteroatoms. The van der Waals surface area contributed by atoms with Crippen LogP contribution in [0.3, 0.4) is 0 Å². The van der Waals surface area contributed by atoms with E-state index in [9.17, 15) is 13.2 Å². The van der Waals surface area contributed by atoms with E-state index in [0.717, 1.165) is 5.56 Å². The Hall–Kier alpha value is -2.40. The van der Waals surface area contributed by atoms with E-state index in [4.69, 9.17) is 10.00 Å². The van der Waals surface area contributed by atoms with Gasteiger partial charge in [0.15, 0.2) is 0 Å². The first-order valence-electron chi connectivity index (χ1n) is 6.27. The largest absolute Gasteiger partial charge is 0.455 e. The summed E-state index contributed by atoms with van der Waals surface area (Å²) in [6, 6.07) is 7.27. The summed E-state index contributed by atoms with van der Waals surface area (Å²) in [6.45, 7) is 6.60. The number of hydrogen-bond donors (Lipinski definition) is 0. The number of carbonyl (C=O) groups excluding carboxylic acids is 1. The first kappa shape index (κ1) is 17.7. The van der Waals surface area contributed by atoms with Gasteiger partial charge in [-0.3, -0.25) is 4.28 Å². The van der Waals surface area contributed by atoms with Crippen molar-refractivity contribution in [3.63, 3.8) is 0 Å². The summed E-state index contributed by atoms with van der Waals surface area (Å²) in [4.78, 5) is 11.5. The lowest BCUT2D eigenvalue weighted by Crippen LogP contribution is -2.28. The zero-order valence-electron chi connectivity index (χ0n) is 12.7. The van der Waals surface area contributed by atoms with Gasteiger partial charge < -0.3 is 4.74 Å². The van der Waals surface area contributed by atoms with E-state index in [1.165, 1.54) is 18.2 Å². The Kier molecular flexibility index (Phi) is 5.28. The van der Waals surface area contributed by atoms with Crippen LogP contribution in [-0.4, -0.2) is 25.7 Å². The molecule has 7 nitrogen and oxygen atoms in total. The molecule has 0 aliphatic rings. The number of carbonyl (C=O) groups is 1. The molecular formula is C14H16N2O5S. The molecule has 1 rings (SSSR count). The number of ether oxygens (including phenoxy) is 1. The number of rotatable bonds is 4. The van der Waals surface area contributed by atoms with Crippen molar-refractivity contribution in [1.29, 1.82) is 5.26 Å². The van der Waals surface area contributed by atoms with Gasteiger partial charge in [0.05, 0.1) is 0 Å². The number of aryl methyl sites for hydroxylation is 1. The number of nitrogens with zero attached hydrogens (tertiary/aromatic N) is 2. The van der Waals surface area contributed by atoms with Crippen molar-refractivity contribution in [2.75, 3.05) is 0 Å². The standard InChI is InChI=1S/C14H16N2O5S/c1-10-5-7-11(8-6-10)22(18,19)21-16-12(9-15)13(17)20-14(2,3)4/h5-8H,1-4H3. The van der Waals surface area contributed by atoms with E-state index in [-0.39, 0.29) is 4.90 Å². The lowest BCUT2D eigenvalue weighted by atomic mass is 10.2. The maximum atomic E-state index is 11.9. The molecule has 0 heterocycles. The molecule has 1 aromatic rings. The third kappa shape index (κ3) is 5.18. The Morgan fingerprint density at radius 1 is 1.23 bits per heavy atom. The van der Waals surface area contributed by atoms with Gasteiger partial charge in [0, 0.05) is 0 Å². The second-order valence-corrected chi connectivity index (χ2v) is 6.92. The highest BCUT2D eigenvalue weighted by Gasteiger charge is 2.23. The van der Waals surface area contributed by atoms with Gasteiger partial charge in [-0.2, -0.15) is 13.7 Å². The molecule has 0 saturated carbocycles. The van der Waals surface area contributed by atoms with Crippen molar-refractivity contribution in [2.24, 2.45) is 5.16 Å². The number of nitriles is 1. The van der Waals surface area contributed by atoms with Crippen molar-refractivity contribution in [2.45, 2.75) is 38.2 Å². The van der Waals surface area contributed by atoms with E-state index in [0.29, 0.717) is 0 Å². The summed E-state index contributed by atoms with van der Waals surface area (Å²) in [6.07, 6.45) is 0. The molecule has 0 unspecified atom stereocenters. The molecule has 0 amide bonds. The zero-order chi connectivity index (χ0) is 17.0. The van der Waals surface area contributed by atoms with Crippen molar-refractivity contribution < 1.29 is 22.2 Å². The molecule has 0 bridgehead atoms. The lowest BCUT2D eigenvalue weighted by molar-refractivity contribution is -0.146. The van der Waals surface area contributed by atoms with Gasteiger partial charge >= 0.3 is 16.1 Å². The molecule has 0 atom stereocenters. The van der Waals surface area contributed by atoms with Crippen LogP contribution >= 0.6 is 0 Å². The van der Waals surface area contributed by atoms with E-state index in [2.05, 4.69) is 9.44 Å². The average molecular weight is 324 g/mol. The number of esters is 1. The molecule has 0 radical (unpaired) electrons. The van der Waals surface area contributed by atoms with Crippen LogP contribution in [0.1, 0.15) is 26.3 Å². The predicted molar refractivity (Wildman–Crippen MR) is 78.3 cm³/mol. The fourth-order valence-electron chi connectivity index (χ4n) is 1.26. The Morgan fingerprint density at radius 3 is 2.23 bits per heavy atom. The van der Waals surface area contributed by atoms with Gasteiger partial charge in [0.1, 0.15) is 16.6 Å². The van der Waals surface area contributed by atoms with Gasteiger partial charge in [-0.15, -0.1) is 0 Å². The molecular weight excluding hydrogens is 308 g/mol. The summed E-state index contributed by atoms with van der Waals surface area (Å²) in [5.74, 6) is -1.06. The average Bonchev–Trinajstić information content (AvgIpc) is 2.37. The Labute approximate surface area is 129 Å². The van der Waals surface area contributed by atoms with Gasteiger partial charge in [-0.1, -0.05) is 17.7 Å². The van der Waals surface area contributed by atoms with Crippen LogP contribution in [0.25, 0.3) is 0 Å². The van der Waals surface area contributed by atoms with Gasteiger partial charge in [-0.25, -0.2) is 4.79 Å². The summed E-state index contributed by atoms with van der Waals surface area (Å²) >= 11 is 0. The third-order valence-electron chi connectivity index (χ3n) is 2.23. The minimum atomic E-state index is -4.21. The first-order valence-corrected chi connectivity index (χ1v) is 7.68. The zero-order valence-corrected chi connectivity index (χ0v) is 13.5. The molecule has 1 aromatic carbocycles. The van der Waals surface area contributed by atoms with Crippen LogP contribution in [0.5, 0.6) is 0 Å². The van der Waals surface area contributed by atoms with Crippen LogP contribution in [0.15, 0.2) is 34.3 Å². The van der Waals surface area contributed by atoms with Gasteiger partial charge in [0.2, 0.25) is 0 Å². The smallest absolute Gasteiger partial charge is 0.372 e. The van der Waals surface area contributed by atoms with Crippen molar-refractivity contribution in [3.8, 4) is 6.07 Å². The number of oxime groups is 1.